The van der Waals surface area contributed by atoms with Crippen LogP contribution in [0, 0.1) is 0 Å². The van der Waals surface area contributed by atoms with E-state index in [0.29, 0.717) is 6.42 Å². The van der Waals surface area contributed by atoms with E-state index in [-0.39, 0.29) is 24.1 Å². The average molecular weight is 292 g/mol. The minimum atomic E-state index is -4.49. The molecule has 0 spiro atoms. The van der Waals surface area contributed by atoms with Crippen LogP contribution in [0.15, 0.2) is 18.3 Å². The number of alkyl halides is 3. The molecule has 1 heterocycles. The normalized spacial score (nSPS) is 12.8. The maximum Gasteiger partial charge on any atom is 0.422 e. The van der Waals surface area contributed by atoms with Crippen molar-refractivity contribution in [3.63, 3.8) is 0 Å². The van der Waals surface area contributed by atoms with Crippen molar-refractivity contribution in [3.8, 4) is 5.75 Å². The molecule has 8 heteroatoms. The molecule has 112 valence electrons. The molecule has 5 nitrogen and oxygen atoms in total. The fourth-order valence-electron chi connectivity index (χ4n) is 1.40. The Kier molecular flexibility index (Phi) is 5.75. The van der Waals surface area contributed by atoms with E-state index in [9.17, 15) is 18.0 Å². The number of hydrogen-bond acceptors (Lipinski definition) is 4. The number of hydrogen-bond donors (Lipinski definition) is 2. The summed E-state index contributed by atoms with van der Waals surface area (Å²) in [5, 5.41) is 11.2. The molecule has 1 aromatic rings. The Balaban J connectivity index is 2.76. The number of rotatable bonds is 6. The number of nitrogens with zero attached hydrogens (tertiary/aromatic N) is 1. The van der Waals surface area contributed by atoms with Gasteiger partial charge in [-0.2, -0.15) is 13.2 Å². The highest BCUT2D eigenvalue weighted by Gasteiger charge is 2.29. The summed E-state index contributed by atoms with van der Waals surface area (Å²) >= 11 is 0. The summed E-state index contributed by atoms with van der Waals surface area (Å²) in [6.07, 6.45) is -2.88. The third-order valence-electron chi connectivity index (χ3n) is 2.32. The summed E-state index contributed by atoms with van der Waals surface area (Å²) in [6.45, 7) is 0.0551. The van der Waals surface area contributed by atoms with Crippen LogP contribution in [0.5, 0.6) is 5.75 Å². The maximum absolute atomic E-state index is 12.1. The molecule has 2 N–H and O–H groups in total. The standard InChI is InChI=1S/C12H15F3N2O3/c1-8(4-6-18)17-11(19)10-9(3-2-5-16-10)20-7-12(13,14)15/h2-3,5,8,18H,4,6-7H2,1H3,(H,17,19). The van der Waals surface area contributed by atoms with Gasteiger partial charge in [0.25, 0.3) is 5.91 Å². The third kappa shape index (κ3) is 5.43. The van der Waals surface area contributed by atoms with E-state index in [4.69, 9.17) is 5.11 Å². The van der Waals surface area contributed by atoms with E-state index < -0.39 is 18.7 Å². The van der Waals surface area contributed by atoms with Crippen molar-refractivity contribution in [3.05, 3.63) is 24.0 Å². The van der Waals surface area contributed by atoms with Crippen molar-refractivity contribution >= 4 is 5.91 Å². The van der Waals surface area contributed by atoms with Crippen molar-refractivity contribution < 1.29 is 27.8 Å². The van der Waals surface area contributed by atoms with Crippen molar-refractivity contribution in [1.82, 2.24) is 10.3 Å². The summed E-state index contributed by atoms with van der Waals surface area (Å²) in [5.74, 6) is -0.887. The molecule has 20 heavy (non-hydrogen) atoms. The van der Waals surface area contributed by atoms with E-state index in [1.54, 1.807) is 6.92 Å². The summed E-state index contributed by atoms with van der Waals surface area (Å²) in [6, 6.07) is 2.29. The van der Waals surface area contributed by atoms with Gasteiger partial charge in [0.05, 0.1) is 0 Å². The zero-order valence-corrected chi connectivity index (χ0v) is 10.8. The van der Waals surface area contributed by atoms with Gasteiger partial charge in [-0.25, -0.2) is 4.98 Å². The topological polar surface area (TPSA) is 71.5 Å². The quantitative estimate of drug-likeness (QED) is 0.834. The molecule has 0 bridgehead atoms. The number of halogens is 3. The zero-order valence-electron chi connectivity index (χ0n) is 10.8. The summed E-state index contributed by atoms with van der Waals surface area (Å²) in [7, 11) is 0. The van der Waals surface area contributed by atoms with E-state index in [1.807, 2.05) is 0 Å². The van der Waals surface area contributed by atoms with E-state index in [2.05, 4.69) is 15.0 Å². The van der Waals surface area contributed by atoms with Crippen LogP contribution in [0.2, 0.25) is 0 Å². The van der Waals surface area contributed by atoms with Crippen LogP contribution >= 0.6 is 0 Å². The molecule has 1 amide bonds. The van der Waals surface area contributed by atoms with Crippen LogP contribution in [0.25, 0.3) is 0 Å². The highest BCUT2D eigenvalue weighted by atomic mass is 19.4. The van der Waals surface area contributed by atoms with Crippen LogP contribution in [-0.4, -0.2) is 41.4 Å². The van der Waals surface area contributed by atoms with Gasteiger partial charge >= 0.3 is 6.18 Å². The van der Waals surface area contributed by atoms with Gasteiger partial charge in [-0.15, -0.1) is 0 Å². The highest BCUT2D eigenvalue weighted by Crippen LogP contribution is 2.20. The molecule has 0 saturated carbocycles. The number of carbonyl (C=O) groups is 1. The van der Waals surface area contributed by atoms with Crippen LogP contribution in [-0.2, 0) is 0 Å². The second-order valence-electron chi connectivity index (χ2n) is 4.14. The van der Waals surface area contributed by atoms with Crippen molar-refractivity contribution in [2.24, 2.45) is 0 Å². The lowest BCUT2D eigenvalue weighted by Gasteiger charge is -2.15. The zero-order chi connectivity index (χ0) is 15.2. The molecule has 0 aliphatic rings. The smallest absolute Gasteiger partial charge is 0.422 e. The van der Waals surface area contributed by atoms with E-state index >= 15 is 0 Å². The Morgan fingerprint density at radius 3 is 2.85 bits per heavy atom. The monoisotopic (exact) mass is 292 g/mol. The van der Waals surface area contributed by atoms with Crippen molar-refractivity contribution in [1.29, 1.82) is 0 Å². The number of aliphatic hydroxyl groups excluding tert-OH is 1. The van der Waals surface area contributed by atoms with Gasteiger partial charge in [0.2, 0.25) is 0 Å². The molecular weight excluding hydrogens is 277 g/mol. The molecule has 0 fully saturated rings. The van der Waals surface area contributed by atoms with Crippen LogP contribution < -0.4 is 10.1 Å². The number of amides is 1. The summed E-state index contributed by atoms with van der Waals surface area (Å²) < 4.78 is 40.9. The van der Waals surface area contributed by atoms with E-state index in [0.717, 1.165) is 0 Å². The summed E-state index contributed by atoms with van der Waals surface area (Å²) in [5.41, 5.74) is -0.221. The Morgan fingerprint density at radius 2 is 2.25 bits per heavy atom. The molecule has 1 unspecified atom stereocenters. The predicted molar refractivity (Wildman–Crippen MR) is 64.4 cm³/mol. The first-order valence-corrected chi connectivity index (χ1v) is 5.90. The van der Waals surface area contributed by atoms with Crippen LogP contribution in [0.1, 0.15) is 23.8 Å². The fraction of sp³-hybridized carbons (Fsp3) is 0.500. The number of pyridine rings is 1. The molecule has 0 aliphatic carbocycles. The SMILES string of the molecule is CC(CCO)NC(=O)c1ncccc1OCC(F)(F)F. The van der Waals surface area contributed by atoms with Gasteiger partial charge in [-0.3, -0.25) is 4.79 Å². The molecule has 0 saturated heterocycles. The van der Waals surface area contributed by atoms with Gasteiger partial charge in [0.1, 0.15) is 0 Å². The van der Waals surface area contributed by atoms with Crippen LogP contribution in [0.4, 0.5) is 13.2 Å². The third-order valence-corrected chi connectivity index (χ3v) is 2.32. The number of nitrogens with one attached hydrogen (secondary N) is 1. The van der Waals surface area contributed by atoms with Crippen molar-refractivity contribution in [2.75, 3.05) is 13.2 Å². The molecule has 1 aromatic heterocycles. The Labute approximate surface area is 113 Å². The largest absolute Gasteiger partial charge is 0.482 e. The predicted octanol–water partition coefficient (Wildman–Crippen LogP) is 1.52. The fourth-order valence-corrected chi connectivity index (χ4v) is 1.40. The lowest BCUT2D eigenvalue weighted by molar-refractivity contribution is -0.153. The molecule has 1 atom stereocenters. The first-order chi connectivity index (χ1) is 9.33. The lowest BCUT2D eigenvalue weighted by Crippen LogP contribution is -2.34. The van der Waals surface area contributed by atoms with Gasteiger partial charge in [-0.1, -0.05) is 0 Å². The minimum Gasteiger partial charge on any atom is -0.482 e. The van der Waals surface area contributed by atoms with Crippen LogP contribution in [0.3, 0.4) is 0 Å². The maximum atomic E-state index is 12.1. The minimum absolute atomic E-state index is 0.110. The number of aliphatic hydroxyl groups is 1. The van der Waals surface area contributed by atoms with Gasteiger partial charge in [0, 0.05) is 18.8 Å². The van der Waals surface area contributed by atoms with Gasteiger partial charge < -0.3 is 15.2 Å². The summed E-state index contributed by atoms with van der Waals surface area (Å²) in [4.78, 5) is 15.6. The highest BCUT2D eigenvalue weighted by molar-refractivity contribution is 5.95. The molecule has 1 rings (SSSR count). The van der Waals surface area contributed by atoms with Gasteiger partial charge in [0.15, 0.2) is 18.1 Å². The number of aromatic nitrogens is 1. The van der Waals surface area contributed by atoms with Crippen molar-refractivity contribution in [2.45, 2.75) is 25.6 Å². The lowest BCUT2D eigenvalue weighted by atomic mass is 10.2. The number of ether oxygens (including phenoxy) is 1. The van der Waals surface area contributed by atoms with E-state index in [1.165, 1.54) is 18.3 Å². The first kappa shape index (κ1) is 16.2. The second-order valence-corrected chi connectivity index (χ2v) is 4.14. The average Bonchev–Trinajstić information content (AvgIpc) is 2.36. The first-order valence-electron chi connectivity index (χ1n) is 5.90. The molecule has 0 aromatic carbocycles. The second kappa shape index (κ2) is 7.09. The molecule has 0 aliphatic heterocycles. The Morgan fingerprint density at radius 1 is 1.55 bits per heavy atom. The Hall–Kier alpha value is -1.83. The molecule has 0 radical (unpaired) electrons. The molecular formula is C12H15F3N2O3. The van der Waals surface area contributed by atoms with Gasteiger partial charge in [-0.05, 0) is 25.5 Å². The Bertz CT molecular complexity index is 452. The number of carbonyl (C=O) groups excluding carboxylic acids is 1.